The lowest BCUT2D eigenvalue weighted by atomic mass is 9.93. The molecule has 0 N–H and O–H groups in total. The highest BCUT2D eigenvalue weighted by Crippen LogP contribution is 2.41. The summed E-state index contributed by atoms with van der Waals surface area (Å²) in [7, 11) is 0. The number of ether oxygens (including phenoxy) is 1. The summed E-state index contributed by atoms with van der Waals surface area (Å²) in [6.07, 6.45) is 2.24. The fourth-order valence-electron chi connectivity index (χ4n) is 2.17. The monoisotopic (exact) mass is 298 g/mol. The summed E-state index contributed by atoms with van der Waals surface area (Å²) >= 11 is 3.09. The van der Waals surface area contributed by atoms with Gasteiger partial charge in [-0.25, -0.2) is 4.79 Å². The van der Waals surface area contributed by atoms with Gasteiger partial charge in [0, 0.05) is 17.2 Å². The van der Waals surface area contributed by atoms with Gasteiger partial charge >= 0.3 is 5.97 Å². The maximum Gasteiger partial charge on any atom is 0.348 e. The van der Waals surface area contributed by atoms with Crippen molar-refractivity contribution in [3.63, 3.8) is 0 Å². The number of carbonyl (C=O) groups is 2. The van der Waals surface area contributed by atoms with Gasteiger partial charge in [-0.1, -0.05) is 13.8 Å². The summed E-state index contributed by atoms with van der Waals surface area (Å²) in [6, 6.07) is 0. The summed E-state index contributed by atoms with van der Waals surface area (Å²) < 4.78 is 6.08. The molecule has 0 amide bonds. The number of esters is 1. The van der Waals surface area contributed by atoms with Crippen LogP contribution in [0.25, 0.3) is 0 Å². The molecule has 0 bridgehead atoms. The predicted octanol–water partition coefficient (Wildman–Crippen LogP) is 3.94. The van der Waals surface area contributed by atoms with Crippen molar-refractivity contribution in [2.45, 2.75) is 49.5 Å². The van der Waals surface area contributed by atoms with Gasteiger partial charge < -0.3 is 4.74 Å². The Labute approximate surface area is 121 Å². The van der Waals surface area contributed by atoms with E-state index < -0.39 is 0 Å². The van der Waals surface area contributed by atoms with E-state index in [1.807, 2.05) is 0 Å². The summed E-state index contributed by atoms with van der Waals surface area (Å²) in [6.45, 7) is 6.35. The molecule has 19 heavy (non-hydrogen) atoms. The number of carbonyl (C=O) groups excluding carboxylic acids is 2. The lowest BCUT2D eigenvalue weighted by Gasteiger charge is -2.13. The topological polar surface area (TPSA) is 43.4 Å². The smallest absolute Gasteiger partial charge is 0.348 e. The third-order valence-electron chi connectivity index (χ3n) is 2.89. The minimum atomic E-state index is -0.283. The Morgan fingerprint density at radius 1 is 1.42 bits per heavy atom. The van der Waals surface area contributed by atoms with Gasteiger partial charge in [0.15, 0.2) is 5.78 Å². The van der Waals surface area contributed by atoms with E-state index in [9.17, 15) is 9.59 Å². The number of thioether (sulfide) groups is 1. The van der Waals surface area contributed by atoms with Crippen LogP contribution in [-0.4, -0.2) is 23.6 Å². The Balaban J connectivity index is 2.45. The molecule has 5 heteroatoms. The van der Waals surface area contributed by atoms with E-state index in [0.29, 0.717) is 23.2 Å². The van der Waals surface area contributed by atoms with Crippen LogP contribution in [0, 0.1) is 0 Å². The molecule has 2 rings (SSSR count). The number of ketones is 1. The Morgan fingerprint density at radius 3 is 2.79 bits per heavy atom. The van der Waals surface area contributed by atoms with Crippen LogP contribution >= 0.6 is 23.1 Å². The van der Waals surface area contributed by atoms with Gasteiger partial charge in [-0.05, 0) is 25.3 Å². The highest BCUT2D eigenvalue weighted by Gasteiger charge is 2.30. The molecule has 1 heterocycles. The van der Waals surface area contributed by atoms with Crippen LogP contribution in [-0.2, 0) is 11.2 Å². The molecule has 1 aromatic rings. The van der Waals surface area contributed by atoms with Crippen molar-refractivity contribution in [1.82, 2.24) is 0 Å². The van der Waals surface area contributed by atoms with Crippen LogP contribution in [0.5, 0.6) is 0 Å². The first-order valence-corrected chi connectivity index (χ1v) is 8.26. The first-order valence-electron chi connectivity index (χ1n) is 6.57. The Hall–Kier alpha value is -0.810. The fraction of sp³-hybridized carbons (Fsp3) is 0.571. The van der Waals surface area contributed by atoms with Crippen molar-refractivity contribution < 1.29 is 14.3 Å². The molecule has 1 aliphatic carbocycles. The van der Waals surface area contributed by atoms with Crippen molar-refractivity contribution in [1.29, 1.82) is 0 Å². The van der Waals surface area contributed by atoms with Gasteiger partial charge in [0.1, 0.15) is 4.88 Å². The van der Waals surface area contributed by atoms with Gasteiger partial charge in [0.25, 0.3) is 0 Å². The highest BCUT2D eigenvalue weighted by atomic mass is 32.2. The first kappa shape index (κ1) is 14.6. The number of Topliss-reactive ketones (excluding diaryl/α,β-unsaturated/α-hetero) is 1. The van der Waals surface area contributed by atoms with Gasteiger partial charge in [0.05, 0.1) is 10.8 Å². The molecule has 1 aliphatic rings. The number of thiophene rings is 1. The second-order valence-electron chi connectivity index (χ2n) is 4.74. The van der Waals surface area contributed by atoms with Crippen molar-refractivity contribution in [3.8, 4) is 0 Å². The SMILES string of the molecule is CCOC(=O)c1sc(SC(C)C)c2c1CCCC2=O. The van der Waals surface area contributed by atoms with E-state index in [4.69, 9.17) is 4.74 Å². The Kier molecular flexibility index (Phi) is 4.68. The van der Waals surface area contributed by atoms with Crippen LogP contribution < -0.4 is 0 Å². The molecule has 1 aromatic heterocycles. The van der Waals surface area contributed by atoms with Gasteiger partial charge in [0.2, 0.25) is 0 Å². The molecule has 0 spiro atoms. The lowest BCUT2D eigenvalue weighted by Crippen LogP contribution is -2.13. The summed E-state index contributed by atoms with van der Waals surface area (Å²) in [5, 5.41) is 0.396. The van der Waals surface area contributed by atoms with Crippen LogP contribution in [0.4, 0.5) is 0 Å². The van der Waals surface area contributed by atoms with E-state index in [1.54, 1.807) is 18.7 Å². The van der Waals surface area contributed by atoms with Gasteiger partial charge in [-0.3, -0.25) is 4.79 Å². The minimum absolute atomic E-state index is 0.177. The largest absolute Gasteiger partial charge is 0.462 e. The van der Waals surface area contributed by atoms with Crippen molar-refractivity contribution in [2.75, 3.05) is 6.61 Å². The molecule has 0 unspecified atom stereocenters. The summed E-state index contributed by atoms with van der Waals surface area (Å²) in [5.74, 6) is -0.106. The average molecular weight is 298 g/mol. The maximum absolute atomic E-state index is 12.1. The average Bonchev–Trinajstić information content (AvgIpc) is 2.69. The molecule has 0 fully saturated rings. The fourth-order valence-corrected chi connectivity index (χ4v) is 4.97. The number of hydrogen-bond donors (Lipinski definition) is 0. The van der Waals surface area contributed by atoms with E-state index in [2.05, 4.69) is 13.8 Å². The van der Waals surface area contributed by atoms with Crippen LogP contribution in [0.1, 0.15) is 59.2 Å². The van der Waals surface area contributed by atoms with Gasteiger partial charge in [-0.2, -0.15) is 0 Å². The number of hydrogen-bond acceptors (Lipinski definition) is 5. The normalized spacial score (nSPS) is 14.6. The molecule has 0 radical (unpaired) electrons. The maximum atomic E-state index is 12.1. The number of fused-ring (bicyclic) bond motifs is 1. The molecule has 104 valence electrons. The first-order chi connectivity index (χ1) is 9.04. The molecular weight excluding hydrogens is 280 g/mol. The molecule has 0 atom stereocenters. The summed E-state index contributed by atoms with van der Waals surface area (Å²) in [4.78, 5) is 24.7. The quantitative estimate of drug-likeness (QED) is 0.623. The van der Waals surface area contributed by atoms with Crippen molar-refractivity contribution in [3.05, 3.63) is 16.0 Å². The van der Waals surface area contributed by atoms with Crippen molar-refractivity contribution in [2.24, 2.45) is 0 Å². The summed E-state index contributed by atoms with van der Waals surface area (Å²) in [5.41, 5.74) is 1.71. The second kappa shape index (κ2) is 6.09. The van der Waals surface area contributed by atoms with E-state index in [0.717, 1.165) is 28.2 Å². The molecule has 0 saturated heterocycles. The Bertz CT molecular complexity index is 503. The minimum Gasteiger partial charge on any atom is -0.462 e. The van der Waals surface area contributed by atoms with Crippen molar-refractivity contribution >= 4 is 34.9 Å². The Morgan fingerprint density at radius 2 is 2.16 bits per heavy atom. The standard InChI is InChI=1S/C14H18O3S2/c1-4-17-13(16)12-9-6-5-7-10(15)11(9)14(19-12)18-8(2)3/h8H,4-7H2,1-3H3. The van der Waals surface area contributed by atoms with Crippen LogP contribution in [0.3, 0.4) is 0 Å². The molecule has 0 saturated carbocycles. The van der Waals surface area contributed by atoms with Crippen LogP contribution in [0.15, 0.2) is 4.21 Å². The number of rotatable bonds is 4. The zero-order valence-electron chi connectivity index (χ0n) is 11.4. The molecule has 0 aromatic carbocycles. The zero-order chi connectivity index (χ0) is 14.0. The highest BCUT2D eigenvalue weighted by molar-refractivity contribution is 8.01. The molecule has 0 aliphatic heterocycles. The lowest BCUT2D eigenvalue weighted by molar-refractivity contribution is 0.0531. The van der Waals surface area contributed by atoms with E-state index >= 15 is 0 Å². The van der Waals surface area contributed by atoms with E-state index in [1.165, 1.54) is 11.3 Å². The van der Waals surface area contributed by atoms with Gasteiger partial charge in [-0.15, -0.1) is 23.1 Å². The third-order valence-corrected chi connectivity index (χ3v) is 5.32. The molecular formula is C14H18O3S2. The van der Waals surface area contributed by atoms with Crippen LogP contribution in [0.2, 0.25) is 0 Å². The predicted molar refractivity (Wildman–Crippen MR) is 78.5 cm³/mol. The zero-order valence-corrected chi connectivity index (χ0v) is 13.1. The van der Waals surface area contributed by atoms with E-state index in [-0.39, 0.29) is 11.8 Å². The molecule has 3 nitrogen and oxygen atoms in total. The third kappa shape index (κ3) is 3.03. The second-order valence-corrected chi connectivity index (χ2v) is 7.60.